The van der Waals surface area contributed by atoms with Gasteiger partial charge in [-0.05, 0) is 95.0 Å². The number of rotatable bonds is 49. The molecule has 32 heteroatoms. The Bertz CT molecular complexity index is 3640. The quantitative estimate of drug-likeness (QED) is 0.0335. The van der Waals surface area contributed by atoms with Gasteiger partial charge in [0.2, 0.25) is 23.6 Å². The molecule has 3 aromatic carbocycles. The summed E-state index contributed by atoms with van der Waals surface area (Å²) in [6.07, 6.45) is 8.69. The molecule has 5 N–H and O–H groups in total. The zero-order valence-electron chi connectivity index (χ0n) is 62.6. The van der Waals surface area contributed by atoms with Gasteiger partial charge in [-0.3, -0.25) is 48.2 Å². The van der Waals surface area contributed by atoms with Crippen LogP contribution in [0, 0.1) is 5.92 Å². The average Bonchev–Trinajstić information content (AvgIpc) is 1.59. The molecule has 8 rings (SSSR count). The van der Waals surface area contributed by atoms with Crippen molar-refractivity contribution in [3.63, 3.8) is 0 Å². The zero-order chi connectivity index (χ0) is 77.3. The van der Waals surface area contributed by atoms with Gasteiger partial charge in [0.1, 0.15) is 18.7 Å². The number of aliphatic imine (C=N–C) groups is 1. The number of unbranched alkanes of at least 4 members (excludes halogenated alkanes) is 2. The van der Waals surface area contributed by atoms with E-state index >= 15 is 0 Å². The first kappa shape index (κ1) is 84.2. The number of nitrogens with zero attached hydrogens (tertiary/aromatic N) is 5. The number of anilines is 2. The maximum absolute atomic E-state index is 14.3. The van der Waals surface area contributed by atoms with E-state index in [9.17, 15) is 48.3 Å². The maximum Gasteiger partial charge on any atom is 0.416 e. The molecular formula is C76H103N9O23. The second-order valence-corrected chi connectivity index (χ2v) is 26.3. The lowest BCUT2D eigenvalue weighted by Crippen LogP contribution is -2.53. The molecule has 5 heterocycles. The van der Waals surface area contributed by atoms with Crippen LogP contribution in [0.1, 0.15) is 112 Å². The fourth-order valence-electron chi connectivity index (χ4n) is 11.9. The number of benzene rings is 3. The number of amides is 9. The Morgan fingerprint density at radius 3 is 1.67 bits per heavy atom. The van der Waals surface area contributed by atoms with Crippen LogP contribution in [0.4, 0.5) is 21.9 Å². The largest absolute Gasteiger partial charge is 0.493 e. The fraction of sp³-hybridized carbons (Fsp3) is 0.553. The summed E-state index contributed by atoms with van der Waals surface area (Å²) in [6.45, 7) is 15.5. The number of hydrogen-bond acceptors (Lipinski definition) is 24. The van der Waals surface area contributed by atoms with E-state index in [-0.39, 0.29) is 85.0 Å². The Kier molecular flexibility index (Phi) is 34.5. The number of carbonyl (C=O) groups is 9. The lowest BCUT2D eigenvalue weighted by atomic mass is 10.0. The first-order valence-corrected chi connectivity index (χ1v) is 36.5. The first-order chi connectivity index (χ1) is 52.2. The molecular weight excluding hydrogens is 1410 g/mol. The molecule has 108 heavy (non-hydrogen) atoms. The number of methoxy groups -OCH3 is 2. The van der Waals surface area contributed by atoms with Gasteiger partial charge in [0.05, 0.1) is 161 Å². The van der Waals surface area contributed by atoms with E-state index in [4.69, 9.17) is 61.6 Å². The highest BCUT2D eigenvalue weighted by Gasteiger charge is 2.45. The van der Waals surface area contributed by atoms with Crippen LogP contribution in [0.15, 0.2) is 89.2 Å². The zero-order valence-corrected chi connectivity index (χ0v) is 62.6. The molecule has 0 fully saturated rings. The molecule has 0 radical (unpaired) electrons. The minimum atomic E-state index is -1.53. The molecule has 5 atom stereocenters. The molecule has 0 aromatic heterocycles. The molecule has 1 unspecified atom stereocenters. The third-order valence-electron chi connectivity index (χ3n) is 17.7. The van der Waals surface area contributed by atoms with Gasteiger partial charge >= 0.3 is 6.09 Å². The van der Waals surface area contributed by atoms with Crippen molar-refractivity contribution in [2.24, 2.45) is 10.9 Å². The van der Waals surface area contributed by atoms with Gasteiger partial charge in [0, 0.05) is 81.1 Å². The van der Waals surface area contributed by atoms with Crippen molar-refractivity contribution in [2.75, 3.05) is 156 Å². The van der Waals surface area contributed by atoms with Crippen molar-refractivity contribution in [3.05, 3.63) is 101 Å². The number of carbonyl (C=O) groups excluding carboxylic acids is 9. The minimum Gasteiger partial charge on any atom is -0.493 e. The molecule has 0 saturated heterocycles. The summed E-state index contributed by atoms with van der Waals surface area (Å²) in [4.78, 5) is 126. The van der Waals surface area contributed by atoms with Crippen LogP contribution in [-0.2, 0) is 78.0 Å². The second kappa shape index (κ2) is 44.2. The first-order valence-electron chi connectivity index (χ1n) is 36.5. The number of fused-ring (bicyclic) bond motifs is 4. The predicted molar refractivity (Wildman–Crippen MR) is 393 cm³/mol. The van der Waals surface area contributed by atoms with Crippen LogP contribution in [0.25, 0.3) is 0 Å². The van der Waals surface area contributed by atoms with E-state index in [1.165, 1.54) is 50.3 Å². The van der Waals surface area contributed by atoms with Crippen molar-refractivity contribution in [1.29, 1.82) is 0 Å². The van der Waals surface area contributed by atoms with Crippen LogP contribution < -0.4 is 45.1 Å². The van der Waals surface area contributed by atoms with Gasteiger partial charge in [0.15, 0.2) is 29.2 Å². The van der Waals surface area contributed by atoms with Gasteiger partial charge in [0.25, 0.3) is 23.6 Å². The highest BCUT2D eigenvalue weighted by atomic mass is 16.6. The van der Waals surface area contributed by atoms with Crippen molar-refractivity contribution < 1.29 is 110 Å². The summed E-state index contributed by atoms with van der Waals surface area (Å²) in [5.74, 6) is -2.06. The standard InChI is InChI=1S/C76H103N9O23/c1-50(2)70(81-67(87)12-11-22-98-26-28-100-30-32-102-34-36-104-38-39-105-37-35-103-33-31-101-29-27-99-25-20-77-66(86)19-21-82-68(88)17-18-69(82)89)72(91)79-53(5)71(90)80-55-15-13-54(14-16-55)49-108-76(95)85-60-45-65(63(97-7)43-58(60)74(93)84-48-52(4)41-61(84)75(85)94)107-24-10-8-9-23-106-64-44-59-57(42-62(64)96-6)73(92)83-47-51(3)40-56(83)46-78-59/h13-18,42-48,50,53,56,61,70,75,94H,8-12,19-41,49H2,1-7H3,(H,77,86)(H,79,91)(H,80,90)(H,81,87)/t53-,56-,61-,70-,75?/m0/s1. The second-order valence-electron chi connectivity index (χ2n) is 26.3. The molecule has 5 aliphatic heterocycles. The summed E-state index contributed by atoms with van der Waals surface area (Å²) in [5, 5.41) is 22.9. The van der Waals surface area contributed by atoms with E-state index in [0.717, 1.165) is 27.4 Å². The van der Waals surface area contributed by atoms with Crippen LogP contribution in [0.3, 0.4) is 0 Å². The van der Waals surface area contributed by atoms with Crippen molar-refractivity contribution in [2.45, 2.75) is 123 Å². The topological polar surface area (TPSA) is 367 Å². The molecule has 590 valence electrons. The molecule has 9 amide bonds. The molecule has 32 nitrogen and oxygen atoms in total. The van der Waals surface area contributed by atoms with Gasteiger partial charge < -0.3 is 97.8 Å². The number of aliphatic hydroxyl groups excluding tert-OH is 1. The molecule has 0 aliphatic carbocycles. The summed E-state index contributed by atoms with van der Waals surface area (Å²) >= 11 is 0. The minimum absolute atomic E-state index is 0.0256. The van der Waals surface area contributed by atoms with Crippen LogP contribution >= 0.6 is 0 Å². The normalized spacial score (nSPS) is 17.0. The van der Waals surface area contributed by atoms with E-state index in [2.05, 4.69) is 26.3 Å². The molecule has 5 aliphatic rings. The maximum atomic E-state index is 14.3. The number of nitrogens with one attached hydrogen (secondary N) is 4. The summed E-state index contributed by atoms with van der Waals surface area (Å²) in [5.41, 5.74) is 3.93. The lowest BCUT2D eigenvalue weighted by Gasteiger charge is -2.31. The Morgan fingerprint density at radius 1 is 0.565 bits per heavy atom. The fourth-order valence-corrected chi connectivity index (χ4v) is 11.9. The van der Waals surface area contributed by atoms with Crippen LogP contribution in [-0.4, -0.2) is 256 Å². The number of aliphatic hydroxyl groups is 1. The van der Waals surface area contributed by atoms with Crippen molar-refractivity contribution in [1.82, 2.24) is 30.7 Å². The number of hydrogen-bond donors (Lipinski definition) is 5. The molecule has 0 saturated carbocycles. The van der Waals surface area contributed by atoms with Gasteiger partial charge in [-0.2, -0.15) is 0 Å². The summed E-state index contributed by atoms with van der Waals surface area (Å²) < 4.78 is 73.6. The smallest absolute Gasteiger partial charge is 0.416 e. The Balaban J connectivity index is 0.644. The lowest BCUT2D eigenvalue weighted by molar-refractivity contribution is -0.137. The van der Waals surface area contributed by atoms with Crippen LogP contribution in [0.5, 0.6) is 23.0 Å². The summed E-state index contributed by atoms with van der Waals surface area (Å²) in [6, 6.07) is 9.99. The predicted octanol–water partition coefficient (Wildman–Crippen LogP) is 5.69. The molecule has 0 spiro atoms. The van der Waals surface area contributed by atoms with Crippen molar-refractivity contribution >= 4 is 76.6 Å². The highest BCUT2D eigenvalue weighted by molar-refractivity contribution is 6.13. The monoisotopic (exact) mass is 1510 g/mol. The van der Waals surface area contributed by atoms with E-state index < -0.39 is 60.0 Å². The third-order valence-corrected chi connectivity index (χ3v) is 17.7. The van der Waals surface area contributed by atoms with Crippen LogP contribution in [0.2, 0.25) is 0 Å². The van der Waals surface area contributed by atoms with E-state index in [1.807, 2.05) is 20.0 Å². The molecule has 0 bridgehead atoms. The van der Waals surface area contributed by atoms with Gasteiger partial charge in [-0.25, -0.2) is 9.69 Å². The average molecular weight is 1510 g/mol. The summed E-state index contributed by atoms with van der Waals surface area (Å²) in [7, 11) is 2.96. The highest BCUT2D eigenvalue weighted by Crippen LogP contribution is 2.43. The Hall–Kier alpha value is -9.38. The number of imide groups is 1. The Morgan fingerprint density at radius 2 is 1.09 bits per heavy atom. The van der Waals surface area contributed by atoms with Gasteiger partial charge in [-0.15, -0.1) is 0 Å². The molecule has 3 aromatic rings. The van der Waals surface area contributed by atoms with E-state index in [1.54, 1.807) is 67.6 Å². The van der Waals surface area contributed by atoms with E-state index in [0.29, 0.717) is 185 Å². The van der Waals surface area contributed by atoms with Gasteiger partial charge in [-0.1, -0.05) is 37.1 Å². The number of ether oxygens (including phenoxy) is 13. The Labute approximate surface area is 628 Å². The SMILES string of the molecule is COc1cc2c(cc1OCCCCCOc1cc3c(cc1OC)C(=O)N1C=C(C)C[C@H]1C(O)N3C(=O)OCc1ccc(NC(=O)[C@H](C)NC(=O)[C@@H](NC(=O)CCCOCCOCCOCCOCCOCCOCCOCCOCCNC(=O)CCN3C(=O)C=CC3=O)C(C)C)cc1)N=C[C@@H]1CC(C)=CN1C2=O. The third kappa shape index (κ3) is 25.6. The van der Waals surface area contributed by atoms with Crippen molar-refractivity contribution in [3.8, 4) is 23.0 Å².